The van der Waals surface area contributed by atoms with Crippen LogP contribution < -0.4 is 5.32 Å². The molecule has 1 aromatic carbocycles. The van der Waals surface area contributed by atoms with Crippen LogP contribution in [0.4, 0.5) is 5.82 Å². The third-order valence-electron chi connectivity index (χ3n) is 6.24. The highest BCUT2D eigenvalue weighted by Gasteiger charge is 2.26. The molecule has 0 unspecified atom stereocenters. The Labute approximate surface area is 200 Å². The van der Waals surface area contributed by atoms with Gasteiger partial charge in [-0.25, -0.2) is 22.2 Å². The van der Waals surface area contributed by atoms with Gasteiger partial charge in [0.05, 0.1) is 12.0 Å². The molecular formula is C25H30N4O4S. The van der Waals surface area contributed by atoms with Gasteiger partial charge in [-0.05, 0) is 82.2 Å². The Bertz CT molecular complexity index is 1290. The highest BCUT2D eigenvalue weighted by Crippen LogP contribution is 2.30. The number of piperidine rings is 1. The summed E-state index contributed by atoms with van der Waals surface area (Å²) >= 11 is 0. The average molecular weight is 483 g/mol. The molecule has 1 N–H and O–H groups in total. The van der Waals surface area contributed by atoms with Crippen molar-refractivity contribution < 1.29 is 17.9 Å². The van der Waals surface area contributed by atoms with E-state index in [2.05, 4.69) is 22.2 Å². The molecule has 0 radical (unpaired) electrons. The Morgan fingerprint density at radius 1 is 1.12 bits per heavy atom. The molecule has 0 spiro atoms. The minimum absolute atomic E-state index is 0.0564. The van der Waals surface area contributed by atoms with Gasteiger partial charge in [-0.15, -0.1) is 0 Å². The van der Waals surface area contributed by atoms with Crippen LogP contribution in [0, 0.1) is 13.8 Å². The molecule has 1 aliphatic rings. The molecule has 1 aliphatic heterocycles. The van der Waals surface area contributed by atoms with Crippen molar-refractivity contribution in [3.8, 4) is 11.1 Å². The number of hydrogen-bond donors (Lipinski definition) is 1. The van der Waals surface area contributed by atoms with E-state index >= 15 is 0 Å². The van der Waals surface area contributed by atoms with Gasteiger partial charge in [-0.2, -0.15) is 0 Å². The first-order chi connectivity index (χ1) is 16.2. The van der Waals surface area contributed by atoms with E-state index < -0.39 is 16.0 Å². The summed E-state index contributed by atoms with van der Waals surface area (Å²) in [6, 6.07) is 10.3. The molecule has 0 bridgehead atoms. The van der Waals surface area contributed by atoms with E-state index in [-0.39, 0.29) is 10.6 Å². The lowest BCUT2D eigenvalue weighted by atomic mass is 10.0. The molecule has 34 heavy (non-hydrogen) atoms. The second-order valence-corrected chi connectivity index (χ2v) is 10.6. The van der Waals surface area contributed by atoms with Crippen LogP contribution in [-0.4, -0.2) is 61.5 Å². The largest absolute Gasteiger partial charge is 0.464 e. The van der Waals surface area contributed by atoms with Gasteiger partial charge in [-0.1, -0.05) is 17.7 Å². The smallest absolute Gasteiger partial charge is 0.355 e. The fourth-order valence-corrected chi connectivity index (χ4v) is 5.49. The van der Waals surface area contributed by atoms with E-state index in [9.17, 15) is 13.2 Å². The van der Waals surface area contributed by atoms with Crippen molar-refractivity contribution in [3.63, 3.8) is 0 Å². The number of nitrogens with one attached hydrogen (secondary N) is 1. The number of hydrogen-bond acceptors (Lipinski definition) is 7. The third-order valence-corrected chi connectivity index (χ3v) is 7.93. The predicted molar refractivity (Wildman–Crippen MR) is 132 cm³/mol. The minimum Gasteiger partial charge on any atom is -0.464 e. The number of benzene rings is 1. The summed E-state index contributed by atoms with van der Waals surface area (Å²) in [6.45, 7) is 5.84. The zero-order valence-corrected chi connectivity index (χ0v) is 20.7. The lowest BCUT2D eigenvalue weighted by Crippen LogP contribution is -2.36. The SMILES string of the molecule is COC(=O)c1cc(-c2cc(NC3CCN(C)CC3)ncc2C)cn1S(=O)(=O)c1ccc(C)cc1. The quantitative estimate of drug-likeness (QED) is 0.536. The summed E-state index contributed by atoms with van der Waals surface area (Å²) in [7, 11) is -0.647. The summed E-state index contributed by atoms with van der Waals surface area (Å²) < 4.78 is 32.7. The summed E-state index contributed by atoms with van der Waals surface area (Å²) in [5, 5.41) is 3.50. The van der Waals surface area contributed by atoms with Crippen molar-refractivity contribution in [3.05, 3.63) is 65.6 Å². The van der Waals surface area contributed by atoms with Gasteiger partial charge >= 0.3 is 5.97 Å². The van der Waals surface area contributed by atoms with Gasteiger partial charge in [-0.3, -0.25) is 0 Å². The van der Waals surface area contributed by atoms with Crippen molar-refractivity contribution in [1.82, 2.24) is 13.9 Å². The zero-order chi connectivity index (χ0) is 24.5. The molecule has 1 fully saturated rings. The highest BCUT2D eigenvalue weighted by atomic mass is 32.2. The zero-order valence-electron chi connectivity index (χ0n) is 19.9. The first-order valence-electron chi connectivity index (χ1n) is 11.2. The van der Waals surface area contributed by atoms with E-state index in [4.69, 9.17) is 4.74 Å². The molecule has 1 saturated heterocycles. The third kappa shape index (κ3) is 4.85. The molecule has 3 aromatic rings. The number of rotatable bonds is 6. The second kappa shape index (κ2) is 9.60. The lowest BCUT2D eigenvalue weighted by Gasteiger charge is -2.29. The van der Waals surface area contributed by atoms with Crippen molar-refractivity contribution in [2.24, 2.45) is 0 Å². The maximum atomic E-state index is 13.4. The van der Waals surface area contributed by atoms with Gasteiger partial charge < -0.3 is 15.0 Å². The first kappa shape index (κ1) is 24.0. The fraction of sp³-hybridized carbons (Fsp3) is 0.360. The topological polar surface area (TPSA) is 93.5 Å². The van der Waals surface area contributed by atoms with Gasteiger partial charge in [0, 0.05) is 24.0 Å². The van der Waals surface area contributed by atoms with Gasteiger partial charge in [0.2, 0.25) is 0 Å². The predicted octanol–water partition coefficient (Wildman–Crippen LogP) is 3.70. The maximum Gasteiger partial charge on any atom is 0.355 e. The molecule has 0 atom stereocenters. The lowest BCUT2D eigenvalue weighted by molar-refractivity contribution is 0.0593. The molecule has 0 saturated carbocycles. The molecule has 0 aliphatic carbocycles. The van der Waals surface area contributed by atoms with Crippen LogP contribution in [0.1, 0.15) is 34.5 Å². The van der Waals surface area contributed by atoms with Crippen LogP contribution in [0.3, 0.4) is 0 Å². The van der Waals surface area contributed by atoms with Crippen molar-refractivity contribution >= 4 is 21.8 Å². The number of likely N-dealkylation sites (tertiary alicyclic amines) is 1. The Morgan fingerprint density at radius 2 is 1.79 bits per heavy atom. The number of pyridine rings is 1. The second-order valence-electron chi connectivity index (χ2n) is 8.83. The van der Waals surface area contributed by atoms with Crippen molar-refractivity contribution in [1.29, 1.82) is 0 Å². The minimum atomic E-state index is -4.00. The standard InChI is InChI=1S/C25H30N4O4S/c1-17-5-7-21(8-6-17)34(31,32)29-16-19(13-23(29)25(30)33-4)22-14-24(26-15-18(22)2)27-20-9-11-28(3)12-10-20/h5-8,13-16,20H,9-12H2,1-4H3,(H,26,27). The molecule has 4 rings (SSSR count). The van der Waals surface area contributed by atoms with Crippen LogP contribution in [0.2, 0.25) is 0 Å². The average Bonchev–Trinajstić information content (AvgIpc) is 3.28. The number of carbonyl (C=O) groups is 1. The van der Waals surface area contributed by atoms with Crippen LogP contribution in [0.25, 0.3) is 11.1 Å². The van der Waals surface area contributed by atoms with Crippen molar-refractivity contribution in [2.75, 3.05) is 32.6 Å². The fourth-order valence-electron chi connectivity index (χ4n) is 4.14. The highest BCUT2D eigenvalue weighted by molar-refractivity contribution is 7.90. The number of aryl methyl sites for hydroxylation is 2. The molecule has 8 nitrogen and oxygen atoms in total. The molecule has 3 heterocycles. The van der Waals surface area contributed by atoms with Gasteiger partial charge in [0.15, 0.2) is 0 Å². The van der Waals surface area contributed by atoms with E-state index in [0.717, 1.165) is 52.4 Å². The Kier molecular flexibility index (Phi) is 6.77. The summed E-state index contributed by atoms with van der Waals surface area (Å²) in [4.78, 5) is 19.4. The number of nitrogens with zero attached hydrogens (tertiary/aromatic N) is 3. The number of esters is 1. The summed E-state index contributed by atoms with van der Waals surface area (Å²) in [5.41, 5.74) is 3.16. The maximum absolute atomic E-state index is 13.4. The first-order valence-corrected chi connectivity index (χ1v) is 12.7. The van der Waals surface area contributed by atoms with E-state index in [1.54, 1.807) is 24.4 Å². The Hall–Kier alpha value is -3.17. The molecular weight excluding hydrogens is 452 g/mol. The number of methoxy groups -OCH3 is 1. The molecule has 180 valence electrons. The van der Waals surface area contributed by atoms with E-state index in [0.29, 0.717) is 11.6 Å². The van der Waals surface area contributed by atoms with E-state index in [1.807, 2.05) is 19.9 Å². The van der Waals surface area contributed by atoms with Crippen LogP contribution >= 0.6 is 0 Å². The van der Waals surface area contributed by atoms with Gasteiger partial charge in [0.25, 0.3) is 10.0 Å². The number of aromatic nitrogens is 2. The van der Waals surface area contributed by atoms with Crippen LogP contribution in [-0.2, 0) is 14.8 Å². The molecule has 2 aromatic heterocycles. The molecule has 9 heteroatoms. The summed E-state index contributed by atoms with van der Waals surface area (Å²) in [5.74, 6) is 0.00207. The molecule has 0 amide bonds. The van der Waals surface area contributed by atoms with Crippen molar-refractivity contribution in [2.45, 2.75) is 37.6 Å². The van der Waals surface area contributed by atoms with Crippen LogP contribution in [0.5, 0.6) is 0 Å². The summed E-state index contributed by atoms with van der Waals surface area (Å²) in [6.07, 6.45) is 5.29. The number of anilines is 1. The Balaban J connectivity index is 1.73. The number of ether oxygens (including phenoxy) is 1. The normalized spacial score (nSPS) is 15.3. The van der Waals surface area contributed by atoms with Crippen LogP contribution in [0.15, 0.2) is 53.7 Å². The Morgan fingerprint density at radius 3 is 2.44 bits per heavy atom. The van der Waals surface area contributed by atoms with E-state index in [1.165, 1.54) is 25.4 Å². The monoisotopic (exact) mass is 482 g/mol. The van der Waals surface area contributed by atoms with Gasteiger partial charge in [0.1, 0.15) is 11.5 Å². The number of carbonyl (C=O) groups excluding carboxylic acids is 1.